The number of nitrogens with zero attached hydrogens (tertiary/aromatic N) is 1. The number of rotatable bonds is 7. The molecule has 3 aromatic rings. The number of sulfonamides is 1. The normalized spacial score (nSPS) is 11.0. The molecule has 3 aromatic carbocycles. The first kappa shape index (κ1) is 21.3. The molecule has 0 spiro atoms. The van der Waals surface area contributed by atoms with Crippen molar-refractivity contribution >= 4 is 21.7 Å². The minimum atomic E-state index is -3.87. The highest BCUT2D eigenvalue weighted by molar-refractivity contribution is 7.92. The Morgan fingerprint density at radius 2 is 1.73 bits per heavy atom. The van der Waals surface area contributed by atoms with Crippen LogP contribution in [0.1, 0.15) is 15.9 Å². The number of esters is 1. The van der Waals surface area contributed by atoms with Crippen LogP contribution >= 0.6 is 0 Å². The first-order valence-electron chi connectivity index (χ1n) is 8.96. The maximum atomic E-state index is 13.8. The van der Waals surface area contributed by atoms with Gasteiger partial charge in [-0.3, -0.25) is 4.31 Å². The Balaban J connectivity index is 1.76. The second-order valence-electron chi connectivity index (χ2n) is 6.38. The topological polar surface area (TPSA) is 72.9 Å². The molecule has 0 saturated heterocycles. The number of carbonyl (C=O) groups is 1. The molecule has 0 aliphatic heterocycles. The third-order valence-corrected chi connectivity index (χ3v) is 6.22. The minimum absolute atomic E-state index is 0.0428. The van der Waals surface area contributed by atoms with E-state index in [-0.39, 0.29) is 22.8 Å². The molecule has 0 radical (unpaired) electrons. The number of methoxy groups -OCH3 is 1. The Bertz CT molecular complexity index is 1150. The van der Waals surface area contributed by atoms with Crippen LogP contribution in [0.5, 0.6) is 5.75 Å². The summed E-state index contributed by atoms with van der Waals surface area (Å²) < 4.78 is 50.8. The van der Waals surface area contributed by atoms with Crippen LogP contribution in [0.4, 0.5) is 10.1 Å². The van der Waals surface area contributed by atoms with E-state index in [1.165, 1.54) is 50.6 Å². The molecule has 3 rings (SSSR count). The number of hydrogen-bond donors (Lipinski definition) is 0. The number of hydrogen-bond acceptors (Lipinski definition) is 5. The molecule has 0 N–H and O–H groups in total. The van der Waals surface area contributed by atoms with E-state index in [0.717, 1.165) is 4.31 Å². The van der Waals surface area contributed by atoms with Crippen molar-refractivity contribution in [2.24, 2.45) is 0 Å². The van der Waals surface area contributed by atoms with Gasteiger partial charge in [-0.1, -0.05) is 30.3 Å². The summed E-state index contributed by atoms with van der Waals surface area (Å²) in [7, 11) is -1.07. The second-order valence-corrected chi connectivity index (χ2v) is 8.35. The predicted molar refractivity (Wildman–Crippen MR) is 111 cm³/mol. The van der Waals surface area contributed by atoms with Crippen LogP contribution in [-0.2, 0) is 21.4 Å². The summed E-state index contributed by atoms with van der Waals surface area (Å²) in [6, 6.07) is 18.4. The average molecular weight is 429 g/mol. The van der Waals surface area contributed by atoms with Crippen molar-refractivity contribution in [2.45, 2.75) is 11.5 Å². The number of halogens is 1. The lowest BCUT2D eigenvalue weighted by atomic mass is 10.2. The molecule has 8 heteroatoms. The van der Waals surface area contributed by atoms with Crippen LogP contribution in [-0.4, -0.2) is 28.5 Å². The van der Waals surface area contributed by atoms with Crippen LogP contribution in [0.25, 0.3) is 0 Å². The Morgan fingerprint density at radius 1 is 1.00 bits per heavy atom. The van der Waals surface area contributed by atoms with Crippen LogP contribution < -0.4 is 9.04 Å². The van der Waals surface area contributed by atoms with E-state index in [9.17, 15) is 17.6 Å². The zero-order valence-electron chi connectivity index (χ0n) is 16.4. The van der Waals surface area contributed by atoms with E-state index in [4.69, 9.17) is 9.47 Å². The maximum Gasteiger partial charge on any atom is 0.338 e. The fraction of sp³-hybridized carbons (Fsp3) is 0.136. The lowest BCUT2D eigenvalue weighted by Gasteiger charge is -2.19. The lowest BCUT2D eigenvalue weighted by Crippen LogP contribution is -2.26. The van der Waals surface area contributed by atoms with E-state index in [1.807, 2.05) is 0 Å². The van der Waals surface area contributed by atoms with Crippen molar-refractivity contribution in [3.8, 4) is 5.75 Å². The summed E-state index contributed by atoms with van der Waals surface area (Å²) in [6.07, 6.45) is 0. The Hall–Kier alpha value is -3.39. The van der Waals surface area contributed by atoms with E-state index in [0.29, 0.717) is 11.3 Å². The number of para-hydroxylation sites is 1. The smallest absolute Gasteiger partial charge is 0.338 e. The molecule has 0 aliphatic carbocycles. The number of ether oxygens (including phenoxy) is 2. The van der Waals surface area contributed by atoms with Crippen molar-refractivity contribution in [1.82, 2.24) is 0 Å². The van der Waals surface area contributed by atoms with Gasteiger partial charge in [-0.15, -0.1) is 0 Å². The molecular formula is C22H20FNO5S. The van der Waals surface area contributed by atoms with Gasteiger partial charge in [0, 0.05) is 7.05 Å². The third kappa shape index (κ3) is 4.60. The van der Waals surface area contributed by atoms with Crippen molar-refractivity contribution in [1.29, 1.82) is 0 Å². The number of carbonyl (C=O) groups excluding carboxylic acids is 1. The Kier molecular flexibility index (Phi) is 6.37. The first-order valence-corrected chi connectivity index (χ1v) is 10.4. The van der Waals surface area contributed by atoms with Crippen molar-refractivity contribution in [3.63, 3.8) is 0 Å². The van der Waals surface area contributed by atoms with Crippen LogP contribution in [0.2, 0.25) is 0 Å². The molecule has 0 atom stereocenters. The van der Waals surface area contributed by atoms with Gasteiger partial charge in [-0.05, 0) is 48.0 Å². The van der Waals surface area contributed by atoms with Gasteiger partial charge in [0.15, 0.2) is 11.6 Å². The average Bonchev–Trinajstić information content (AvgIpc) is 2.77. The minimum Gasteiger partial charge on any atom is -0.494 e. The summed E-state index contributed by atoms with van der Waals surface area (Å²) >= 11 is 0. The van der Waals surface area contributed by atoms with E-state index >= 15 is 0 Å². The largest absolute Gasteiger partial charge is 0.494 e. The summed E-state index contributed by atoms with van der Waals surface area (Å²) in [6.45, 7) is -0.166. The zero-order valence-corrected chi connectivity index (χ0v) is 17.2. The summed E-state index contributed by atoms with van der Waals surface area (Å²) in [5.41, 5.74) is 1.01. The number of anilines is 1. The molecule has 30 heavy (non-hydrogen) atoms. The number of benzene rings is 3. The van der Waals surface area contributed by atoms with E-state index in [1.54, 1.807) is 36.4 Å². The van der Waals surface area contributed by atoms with Gasteiger partial charge in [0.1, 0.15) is 6.61 Å². The third-order valence-electron chi connectivity index (χ3n) is 4.43. The summed E-state index contributed by atoms with van der Waals surface area (Å²) in [4.78, 5) is 12.4. The fourth-order valence-corrected chi connectivity index (χ4v) is 3.99. The molecule has 0 bridgehead atoms. The van der Waals surface area contributed by atoms with E-state index < -0.39 is 21.8 Å². The fourth-order valence-electron chi connectivity index (χ4n) is 2.75. The summed E-state index contributed by atoms with van der Waals surface area (Å²) in [5, 5.41) is 0. The highest BCUT2D eigenvalue weighted by atomic mass is 32.2. The van der Waals surface area contributed by atoms with Crippen molar-refractivity contribution < 1.29 is 27.1 Å². The van der Waals surface area contributed by atoms with Crippen LogP contribution in [0, 0.1) is 5.82 Å². The molecule has 0 fully saturated rings. The second kappa shape index (κ2) is 8.96. The molecule has 0 unspecified atom stereocenters. The van der Waals surface area contributed by atoms with Crippen LogP contribution in [0.3, 0.4) is 0 Å². The van der Waals surface area contributed by atoms with Crippen LogP contribution in [0.15, 0.2) is 77.7 Å². The monoisotopic (exact) mass is 429 g/mol. The van der Waals surface area contributed by atoms with Gasteiger partial charge in [0.25, 0.3) is 10.0 Å². The summed E-state index contributed by atoms with van der Waals surface area (Å²) in [5.74, 6) is -1.20. The molecule has 0 heterocycles. The van der Waals surface area contributed by atoms with E-state index in [2.05, 4.69) is 0 Å². The highest BCUT2D eigenvalue weighted by Crippen LogP contribution is 2.23. The standard InChI is InChI=1S/C22H20FNO5S/c1-24(18-8-4-3-5-9-18)30(26,27)19-10-6-7-17(14-19)22(25)29-15-16-11-12-21(28-2)20(23)13-16/h3-14H,15H2,1-2H3. The van der Waals surface area contributed by atoms with Gasteiger partial charge >= 0.3 is 5.97 Å². The molecule has 156 valence electrons. The predicted octanol–water partition coefficient (Wildman–Crippen LogP) is 4.02. The molecule has 0 aromatic heterocycles. The zero-order chi connectivity index (χ0) is 21.7. The van der Waals surface area contributed by atoms with Gasteiger partial charge in [-0.25, -0.2) is 17.6 Å². The molecule has 0 amide bonds. The lowest BCUT2D eigenvalue weighted by molar-refractivity contribution is 0.0472. The van der Waals surface area contributed by atoms with Gasteiger partial charge in [0.05, 0.1) is 23.3 Å². The SMILES string of the molecule is COc1ccc(COC(=O)c2cccc(S(=O)(=O)N(C)c3ccccc3)c2)cc1F. The van der Waals surface area contributed by atoms with Gasteiger partial charge in [-0.2, -0.15) is 0 Å². The highest BCUT2D eigenvalue weighted by Gasteiger charge is 2.22. The quantitative estimate of drug-likeness (QED) is 0.531. The Morgan fingerprint density at radius 3 is 2.40 bits per heavy atom. The molecule has 0 aliphatic rings. The Labute approximate surface area is 174 Å². The first-order chi connectivity index (χ1) is 14.3. The van der Waals surface area contributed by atoms with Gasteiger partial charge in [0.2, 0.25) is 0 Å². The molecule has 6 nitrogen and oxygen atoms in total. The van der Waals surface area contributed by atoms with Crippen molar-refractivity contribution in [2.75, 3.05) is 18.5 Å². The van der Waals surface area contributed by atoms with Crippen molar-refractivity contribution in [3.05, 3.63) is 89.7 Å². The molecular weight excluding hydrogens is 409 g/mol. The molecule has 0 saturated carbocycles. The maximum absolute atomic E-state index is 13.8. The van der Waals surface area contributed by atoms with Gasteiger partial charge < -0.3 is 9.47 Å².